The molecule has 1 aromatic heterocycles. The van der Waals surface area contributed by atoms with Gasteiger partial charge in [-0.15, -0.1) is 5.10 Å². The standard InChI is InChI=1S/C18H17Cl2FN4O3S/c1-3-25-17(22-23-18(25)28-15-6-4-14(21)5-7-15)11(2)24-29(26,27)16-9-12(19)8-13(20)10-16/h4-11,24H,3H2,1-2H3/t11-/m1/s1. The van der Waals surface area contributed by atoms with Gasteiger partial charge in [0.25, 0.3) is 0 Å². The predicted octanol–water partition coefficient (Wildman–Crippen LogP) is 4.58. The molecule has 29 heavy (non-hydrogen) atoms. The minimum atomic E-state index is -3.91. The molecule has 0 fully saturated rings. The van der Waals surface area contributed by atoms with Crippen LogP contribution >= 0.6 is 23.2 Å². The Bertz CT molecular complexity index is 1100. The Kier molecular flexibility index (Phi) is 6.42. The largest absolute Gasteiger partial charge is 0.424 e. The van der Waals surface area contributed by atoms with E-state index in [1.165, 1.54) is 42.5 Å². The van der Waals surface area contributed by atoms with E-state index in [0.717, 1.165) is 0 Å². The van der Waals surface area contributed by atoms with Crippen LogP contribution in [-0.4, -0.2) is 23.2 Å². The van der Waals surface area contributed by atoms with E-state index in [2.05, 4.69) is 14.9 Å². The van der Waals surface area contributed by atoms with Gasteiger partial charge in [0.05, 0.1) is 10.9 Å². The van der Waals surface area contributed by atoms with Crippen LogP contribution in [-0.2, 0) is 16.6 Å². The SMILES string of the molecule is CCn1c(Oc2ccc(F)cc2)nnc1[C@@H](C)NS(=O)(=O)c1cc(Cl)cc(Cl)c1. The summed E-state index contributed by atoms with van der Waals surface area (Å²) in [7, 11) is -3.91. The maximum absolute atomic E-state index is 13.1. The van der Waals surface area contributed by atoms with Crippen molar-refractivity contribution in [3.63, 3.8) is 0 Å². The lowest BCUT2D eigenvalue weighted by molar-refractivity contribution is 0.407. The van der Waals surface area contributed by atoms with Crippen LogP contribution in [0, 0.1) is 5.82 Å². The van der Waals surface area contributed by atoms with Gasteiger partial charge in [-0.1, -0.05) is 28.3 Å². The van der Waals surface area contributed by atoms with Crippen molar-refractivity contribution in [3.8, 4) is 11.8 Å². The van der Waals surface area contributed by atoms with Gasteiger partial charge in [0.2, 0.25) is 10.0 Å². The first-order chi connectivity index (χ1) is 13.7. The zero-order chi connectivity index (χ0) is 21.2. The van der Waals surface area contributed by atoms with Gasteiger partial charge in [-0.05, 0) is 56.3 Å². The topological polar surface area (TPSA) is 86.1 Å². The molecular formula is C18H17Cl2FN4O3S. The first-order valence-electron chi connectivity index (χ1n) is 8.54. The van der Waals surface area contributed by atoms with E-state index < -0.39 is 16.1 Å². The van der Waals surface area contributed by atoms with E-state index in [0.29, 0.717) is 18.1 Å². The molecule has 3 rings (SSSR count). The number of nitrogens with one attached hydrogen (secondary N) is 1. The maximum Gasteiger partial charge on any atom is 0.322 e. The van der Waals surface area contributed by atoms with Crippen molar-refractivity contribution in [2.24, 2.45) is 0 Å². The third kappa shape index (κ3) is 5.05. The van der Waals surface area contributed by atoms with Gasteiger partial charge in [-0.25, -0.2) is 17.5 Å². The van der Waals surface area contributed by atoms with Gasteiger partial charge in [-0.2, -0.15) is 0 Å². The molecule has 1 N–H and O–H groups in total. The summed E-state index contributed by atoms with van der Waals surface area (Å²) in [6.45, 7) is 3.89. The molecule has 1 heterocycles. The highest BCUT2D eigenvalue weighted by Crippen LogP contribution is 2.26. The van der Waals surface area contributed by atoms with Crippen molar-refractivity contribution in [1.29, 1.82) is 0 Å². The molecule has 0 aliphatic carbocycles. The first-order valence-corrected chi connectivity index (χ1v) is 10.8. The second-order valence-electron chi connectivity index (χ2n) is 6.09. The number of aromatic nitrogens is 3. The van der Waals surface area contributed by atoms with Crippen molar-refractivity contribution in [2.45, 2.75) is 31.3 Å². The third-order valence-corrected chi connectivity index (χ3v) is 5.91. The zero-order valence-corrected chi connectivity index (χ0v) is 17.8. The summed E-state index contributed by atoms with van der Waals surface area (Å²) in [6, 6.07) is 8.91. The molecule has 1 atom stereocenters. The lowest BCUT2D eigenvalue weighted by Crippen LogP contribution is -2.29. The van der Waals surface area contributed by atoms with Gasteiger partial charge in [0, 0.05) is 16.6 Å². The van der Waals surface area contributed by atoms with Crippen LogP contribution in [0.5, 0.6) is 11.8 Å². The molecule has 0 aliphatic rings. The quantitative estimate of drug-likeness (QED) is 0.559. The maximum atomic E-state index is 13.1. The monoisotopic (exact) mass is 458 g/mol. The average Bonchev–Trinajstić information content (AvgIpc) is 3.05. The minimum Gasteiger partial charge on any atom is -0.424 e. The number of benzene rings is 2. The second-order valence-corrected chi connectivity index (χ2v) is 8.68. The van der Waals surface area contributed by atoms with Crippen LogP contribution in [0.2, 0.25) is 10.0 Å². The normalized spacial score (nSPS) is 12.7. The number of rotatable bonds is 7. The van der Waals surface area contributed by atoms with Gasteiger partial charge >= 0.3 is 6.01 Å². The Morgan fingerprint density at radius 1 is 1.14 bits per heavy atom. The van der Waals surface area contributed by atoms with E-state index in [9.17, 15) is 12.8 Å². The van der Waals surface area contributed by atoms with Gasteiger partial charge in [0.15, 0.2) is 5.82 Å². The van der Waals surface area contributed by atoms with Crippen LogP contribution < -0.4 is 9.46 Å². The molecule has 2 aromatic carbocycles. The third-order valence-electron chi connectivity index (χ3n) is 3.95. The highest BCUT2D eigenvalue weighted by Gasteiger charge is 2.24. The van der Waals surface area contributed by atoms with E-state index in [1.54, 1.807) is 11.5 Å². The van der Waals surface area contributed by atoms with E-state index >= 15 is 0 Å². The summed E-state index contributed by atoms with van der Waals surface area (Å²) >= 11 is 11.8. The van der Waals surface area contributed by atoms with Crippen LogP contribution in [0.3, 0.4) is 0 Å². The second kappa shape index (κ2) is 8.66. The fourth-order valence-corrected chi connectivity index (χ4v) is 4.56. The smallest absolute Gasteiger partial charge is 0.322 e. The van der Waals surface area contributed by atoms with E-state index in [-0.39, 0.29) is 26.8 Å². The number of hydrogen-bond acceptors (Lipinski definition) is 5. The molecule has 11 heteroatoms. The lowest BCUT2D eigenvalue weighted by atomic mass is 10.3. The summed E-state index contributed by atoms with van der Waals surface area (Å²) in [5.41, 5.74) is 0. The summed E-state index contributed by atoms with van der Waals surface area (Å²) in [5.74, 6) is 0.335. The fraction of sp³-hybridized carbons (Fsp3) is 0.222. The molecule has 0 saturated carbocycles. The van der Waals surface area contributed by atoms with Gasteiger partial charge in [-0.3, -0.25) is 4.57 Å². The summed E-state index contributed by atoms with van der Waals surface area (Å²) in [4.78, 5) is -0.0628. The number of nitrogens with zero attached hydrogens (tertiary/aromatic N) is 3. The number of hydrogen-bond donors (Lipinski definition) is 1. The molecule has 0 radical (unpaired) electrons. The molecule has 0 spiro atoms. The molecule has 0 unspecified atom stereocenters. The Morgan fingerprint density at radius 3 is 2.34 bits per heavy atom. The van der Waals surface area contributed by atoms with Crippen molar-refractivity contribution in [1.82, 2.24) is 19.5 Å². The summed E-state index contributed by atoms with van der Waals surface area (Å²) in [6.07, 6.45) is 0. The summed E-state index contributed by atoms with van der Waals surface area (Å²) < 4.78 is 48.2. The van der Waals surface area contributed by atoms with Crippen LogP contribution in [0.25, 0.3) is 0 Å². The molecule has 154 valence electrons. The van der Waals surface area contributed by atoms with Crippen molar-refractivity contribution in [3.05, 3.63) is 64.2 Å². The number of halogens is 3. The zero-order valence-electron chi connectivity index (χ0n) is 15.4. The Hall–Kier alpha value is -2.20. The van der Waals surface area contributed by atoms with Crippen molar-refractivity contribution >= 4 is 33.2 Å². The average molecular weight is 459 g/mol. The molecule has 0 saturated heterocycles. The van der Waals surface area contributed by atoms with E-state index in [4.69, 9.17) is 27.9 Å². The fourth-order valence-electron chi connectivity index (χ4n) is 2.64. The highest BCUT2D eigenvalue weighted by atomic mass is 35.5. The number of sulfonamides is 1. The molecule has 0 aliphatic heterocycles. The minimum absolute atomic E-state index is 0.0628. The molecule has 0 bridgehead atoms. The molecular weight excluding hydrogens is 442 g/mol. The molecule has 0 amide bonds. The van der Waals surface area contributed by atoms with Crippen molar-refractivity contribution in [2.75, 3.05) is 0 Å². The lowest BCUT2D eigenvalue weighted by Gasteiger charge is -2.15. The number of ether oxygens (including phenoxy) is 1. The van der Waals surface area contributed by atoms with Gasteiger partial charge in [0.1, 0.15) is 11.6 Å². The Balaban J connectivity index is 1.84. The molecule has 7 nitrogen and oxygen atoms in total. The van der Waals surface area contributed by atoms with Gasteiger partial charge < -0.3 is 4.74 Å². The van der Waals surface area contributed by atoms with Crippen molar-refractivity contribution < 1.29 is 17.5 Å². The van der Waals surface area contributed by atoms with E-state index in [1.807, 2.05) is 6.92 Å². The Labute approximate surface area is 177 Å². The first kappa shape index (κ1) is 21.5. The Morgan fingerprint density at radius 2 is 1.76 bits per heavy atom. The summed E-state index contributed by atoms with van der Waals surface area (Å²) in [5, 5.41) is 8.44. The predicted molar refractivity (Wildman–Crippen MR) is 107 cm³/mol. The van der Waals surface area contributed by atoms with Crippen LogP contribution in [0.4, 0.5) is 4.39 Å². The molecule has 3 aromatic rings. The van der Waals surface area contributed by atoms with Crippen LogP contribution in [0.1, 0.15) is 25.7 Å². The highest BCUT2D eigenvalue weighted by molar-refractivity contribution is 7.89. The van der Waals surface area contributed by atoms with Crippen LogP contribution in [0.15, 0.2) is 47.4 Å².